The van der Waals surface area contributed by atoms with Crippen molar-refractivity contribution in [3.05, 3.63) is 83.4 Å². The van der Waals surface area contributed by atoms with E-state index < -0.39 is 41.8 Å². The van der Waals surface area contributed by atoms with E-state index in [1.807, 2.05) is 25.1 Å². The van der Waals surface area contributed by atoms with Crippen molar-refractivity contribution in [1.29, 1.82) is 0 Å². The predicted molar refractivity (Wildman–Crippen MR) is 143 cm³/mol. The van der Waals surface area contributed by atoms with Crippen LogP contribution in [0.25, 0.3) is 0 Å². The summed E-state index contributed by atoms with van der Waals surface area (Å²) in [5.41, 5.74) is 1.27. The lowest BCUT2D eigenvalue weighted by atomic mass is 10.0. The number of nitrogens with one attached hydrogen (secondary N) is 1. The number of aryl methyl sites for hydroxylation is 1. The van der Waals surface area contributed by atoms with E-state index in [9.17, 15) is 27.6 Å². The number of hydrogen-bond acceptors (Lipinski definition) is 5. The van der Waals surface area contributed by atoms with E-state index in [4.69, 9.17) is 9.47 Å². The molecule has 0 bridgehead atoms. The van der Waals surface area contributed by atoms with Crippen LogP contribution in [-0.4, -0.2) is 30.9 Å². The Morgan fingerprint density at radius 3 is 2.42 bits per heavy atom. The highest BCUT2D eigenvalue weighted by Gasteiger charge is 2.37. The van der Waals surface area contributed by atoms with Crippen LogP contribution < -0.4 is 15.0 Å². The quantitative estimate of drug-likeness (QED) is 0.323. The average molecular weight is 555 g/mol. The SMILES string of the molecule is Cc1ccc(C(C)C)c(Oc2ccc(N3C[C@H](C(=O)OCC(=O)Nc4ccccc4C(F)(F)F)CC3=O)cc2)c1. The van der Waals surface area contributed by atoms with Crippen LogP contribution >= 0.6 is 0 Å². The van der Waals surface area contributed by atoms with Crippen LogP contribution in [0.2, 0.25) is 0 Å². The van der Waals surface area contributed by atoms with Crippen molar-refractivity contribution in [1.82, 2.24) is 0 Å². The number of halogens is 3. The molecule has 1 heterocycles. The Morgan fingerprint density at radius 1 is 1.05 bits per heavy atom. The molecular weight excluding hydrogens is 525 g/mol. The summed E-state index contributed by atoms with van der Waals surface area (Å²) in [7, 11) is 0. The smallest absolute Gasteiger partial charge is 0.418 e. The number of alkyl halides is 3. The number of para-hydroxylation sites is 1. The van der Waals surface area contributed by atoms with Crippen molar-refractivity contribution >= 4 is 29.2 Å². The molecule has 210 valence electrons. The summed E-state index contributed by atoms with van der Waals surface area (Å²) in [6.45, 7) is 5.42. The molecule has 1 fully saturated rings. The van der Waals surface area contributed by atoms with Gasteiger partial charge in [-0.25, -0.2) is 0 Å². The lowest BCUT2D eigenvalue weighted by molar-refractivity contribution is -0.151. The maximum absolute atomic E-state index is 13.1. The van der Waals surface area contributed by atoms with Crippen molar-refractivity contribution in [2.75, 3.05) is 23.4 Å². The van der Waals surface area contributed by atoms with Gasteiger partial charge in [-0.3, -0.25) is 14.4 Å². The molecule has 1 atom stereocenters. The van der Waals surface area contributed by atoms with Crippen LogP contribution in [0, 0.1) is 12.8 Å². The van der Waals surface area contributed by atoms with Crippen LogP contribution in [0.3, 0.4) is 0 Å². The van der Waals surface area contributed by atoms with E-state index >= 15 is 0 Å². The number of nitrogens with zero attached hydrogens (tertiary/aromatic N) is 1. The molecule has 3 aromatic rings. The fourth-order valence-corrected chi connectivity index (χ4v) is 4.42. The van der Waals surface area contributed by atoms with Gasteiger partial charge in [0, 0.05) is 18.7 Å². The first kappa shape index (κ1) is 28.7. The summed E-state index contributed by atoms with van der Waals surface area (Å²) in [4.78, 5) is 38.8. The second kappa shape index (κ2) is 11.8. The highest BCUT2D eigenvalue weighted by molar-refractivity contribution is 6.00. The lowest BCUT2D eigenvalue weighted by Gasteiger charge is -2.18. The van der Waals surface area contributed by atoms with E-state index in [2.05, 4.69) is 19.2 Å². The molecule has 10 heteroatoms. The molecule has 1 aliphatic heterocycles. The molecule has 1 saturated heterocycles. The summed E-state index contributed by atoms with van der Waals surface area (Å²) in [6.07, 6.45) is -4.77. The topological polar surface area (TPSA) is 84.9 Å². The first-order valence-corrected chi connectivity index (χ1v) is 12.7. The summed E-state index contributed by atoms with van der Waals surface area (Å²) in [5.74, 6) is -1.19. The number of carbonyl (C=O) groups excluding carboxylic acids is 3. The van der Waals surface area contributed by atoms with Gasteiger partial charge in [0.2, 0.25) is 5.91 Å². The molecule has 1 N–H and O–H groups in total. The number of amides is 2. The molecule has 0 radical (unpaired) electrons. The minimum absolute atomic E-state index is 0.0474. The van der Waals surface area contributed by atoms with E-state index in [0.717, 1.165) is 29.0 Å². The summed E-state index contributed by atoms with van der Waals surface area (Å²) in [5, 5.41) is 2.12. The van der Waals surface area contributed by atoms with E-state index in [0.29, 0.717) is 11.4 Å². The van der Waals surface area contributed by atoms with Gasteiger partial charge in [0.15, 0.2) is 6.61 Å². The first-order valence-electron chi connectivity index (χ1n) is 12.7. The van der Waals surface area contributed by atoms with Crippen molar-refractivity contribution in [2.45, 2.75) is 39.3 Å². The molecule has 4 rings (SSSR count). The Balaban J connectivity index is 1.33. The average Bonchev–Trinajstić information content (AvgIpc) is 3.29. The van der Waals surface area contributed by atoms with Crippen LogP contribution in [0.4, 0.5) is 24.5 Å². The minimum Gasteiger partial charge on any atom is -0.457 e. The summed E-state index contributed by atoms with van der Waals surface area (Å²) < 4.78 is 50.5. The zero-order valence-electron chi connectivity index (χ0n) is 22.2. The maximum Gasteiger partial charge on any atom is 0.418 e. The predicted octanol–water partition coefficient (Wildman–Crippen LogP) is 6.46. The van der Waals surface area contributed by atoms with Crippen molar-refractivity contribution in [2.24, 2.45) is 5.92 Å². The molecule has 2 amide bonds. The Bertz CT molecular complexity index is 1400. The number of anilines is 2. The van der Waals surface area contributed by atoms with E-state index in [-0.39, 0.29) is 24.8 Å². The zero-order chi connectivity index (χ0) is 29.0. The second-order valence-corrected chi connectivity index (χ2v) is 9.90. The molecule has 0 spiro atoms. The normalized spacial score (nSPS) is 15.3. The fraction of sp³-hybridized carbons (Fsp3) is 0.300. The first-order chi connectivity index (χ1) is 18.9. The number of esters is 1. The Kier molecular flexibility index (Phi) is 8.46. The van der Waals surface area contributed by atoms with Crippen molar-refractivity contribution in [3.63, 3.8) is 0 Å². The molecule has 3 aromatic carbocycles. The van der Waals surface area contributed by atoms with Gasteiger partial charge in [-0.1, -0.05) is 38.1 Å². The zero-order valence-corrected chi connectivity index (χ0v) is 22.2. The molecule has 0 saturated carbocycles. The van der Waals surface area contributed by atoms with Gasteiger partial charge in [0.1, 0.15) is 11.5 Å². The number of hydrogen-bond donors (Lipinski definition) is 1. The Labute approximate surface area is 229 Å². The van der Waals surface area contributed by atoms with Crippen molar-refractivity contribution < 1.29 is 37.0 Å². The lowest BCUT2D eigenvalue weighted by Crippen LogP contribution is -2.28. The number of ether oxygens (including phenoxy) is 2. The highest BCUT2D eigenvalue weighted by atomic mass is 19.4. The monoisotopic (exact) mass is 554 g/mol. The molecule has 40 heavy (non-hydrogen) atoms. The maximum atomic E-state index is 13.1. The molecule has 1 aliphatic rings. The van der Waals surface area contributed by atoms with Crippen LogP contribution in [0.1, 0.15) is 42.9 Å². The van der Waals surface area contributed by atoms with Gasteiger partial charge in [-0.05, 0) is 66.4 Å². The number of benzene rings is 3. The molecular formula is C30H29F3N2O5. The van der Waals surface area contributed by atoms with Gasteiger partial charge >= 0.3 is 12.1 Å². The number of carbonyl (C=O) groups is 3. The van der Waals surface area contributed by atoms with Gasteiger partial charge < -0.3 is 19.7 Å². The Morgan fingerprint density at radius 2 is 1.75 bits per heavy atom. The highest BCUT2D eigenvalue weighted by Crippen LogP contribution is 2.35. The molecule has 0 unspecified atom stereocenters. The summed E-state index contributed by atoms with van der Waals surface area (Å²) in [6, 6.07) is 17.5. The third kappa shape index (κ3) is 6.80. The van der Waals surface area contributed by atoms with E-state index in [1.54, 1.807) is 24.3 Å². The van der Waals surface area contributed by atoms with E-state index in [1.165, 1.54) is 17.0 Å². The molecule has 0 aliphatic carbocycles. The largest absolute Gasteiger partial charge is 0.457 e. The fourth-order valence-electron chi connectivity index (χ4n) is 4.42. The van der Waals surface area contributed by atoms with Gasteiger partial charge in [0.25, 0.3) is 5.91 Å². The Hall–Kier alpha value is -4.34. The van der Waals surface area contributed by atoms with Crippen molar-refractivity contribution in [3.8, 4) is 11.5 Å². The van der Waals surface area contributed by atoms with Gasteiger partial charge in [0.05, 0.1) is 17.2 Å². The summed E-state index contributed by atoms with van der Waals surface area (Å²) >= 11 is 0. The minimum atomic E-state index is -4.66. The van der Waals surface area contributed by atoms with Crippen LogP contribution in [0.5, 0.6) is 11.5 Å². The van der Waals surface area contributed by atoms with Crippen LogP contribution in [-0.2, 0) is 25.3 Å². The molecule has 0 aromatic heterocycles. The van der Waals surface area contributed by atoms with Crippen LogP contribution in [0.15, 0.2) is 66.7 Å². The standard InChI is InChI=1S/C30H29F3N2O5/c1-18(2)23-13-8-19(3)14-26(23)40-22-11-9-21(10-12-22)35-16-20(15-28(35)37)29(38)39-17-27(36)34-25-7-5-4-6-24(25)30(31,32)33/h4-14,18,20H,15-17H2,1-3H3,(H,34,36)/t20-/m1/s1. The van der Waals surface area contributed by atoms with Gasteiger partial charge in [-0.15, -0.1) is 0 Å². The third-order valence-electron chi connectivity index (χ3n) is 6.48. The molecule has 7 nitrogen and oxygen atoms in total. The second-order valence-electron chi connectivity index (χ2n) is 9.90. The third-order valence-corrected chi connectivity index (χ3v) is 6.48. The van der Waals surface area contributed by atoms with Gasteiger partial charge in [-0.2, -0.15) is 13.2 Å². The number of rotatable bonds is 8.